The molecule has 0 radical (unpaired) electrons. The SMILES string of the molecule is C[C@@H]1CN(CCc2cccnc2)C[C@H]1C(=O)O. The van der Waals surface area contributed by atoms with Gasteiger partial charge in [0.25, 0.3) is 0 Å². The smallest absolute Gasteiger partial charge is 0.308 e. The minimum atomic E-state index is -0.665. The standard InChI is InChI=1S/C13H18N2O2/c1-10-8-15(9-12(10)13(16)17)6-4-11-3-2-5-14-7-11/h2-3,5,7,10,12H,4,6,8-9H2,1H3,(H,16,17)/t10-,12-/m1/s1. The maximum Gasteiger partial charge on any atom is 0.308 e. The van der Waals surface area contributed by atoms with Crippen LogP contribution in [-0.2, 0) is 11.2 Å². The van der Waals surface area contributed by atoms with Gasteiger partial charge in [0.15, 0.2) is 0 Å². The van der Waals surface area contributed by atoms with Gasteiger partial charge in [-0.3, -0.25) is 9.78 Å². The summed E-state index contributed by atoms with van der Waals surface area (Å²) in [5.74, 6) is -0.619. The maximum absolute atomic E-state index is 11.0. The van der Waals surface area contributed by atoms with Crippen LogP contribution in [0.3, 0.4) is 0 Å². The second-order valence-corrected chi connectivity index (χ2v) is 4.79. The molecule has 1 aliphatic rings. The molecule has 17 heavy (non-hydrogen) atoms. The van der Waals surface area contributed by atoms with Gasteiger partial charge < -0.3 is 10.0 Å². The summed E-state index contributed by atoms with van der Waals surface area (Å²) in [6, 6.07) is 3.99. The van der Waals surface area contributed by atoms with Crippen molar-refractivity contribution in [3.05, 3.63) is 30.1 Å². The molecule has 0 unspecified atom stereocenters. The predicted octanol–water partition coefficient (Wildman–Crippen LogP) is 1.28. The Labute approximate surface area is 101 Å². The lowest BCUT2D eigenvalue weighted by Crippen LogP contribution is -2.25. The molecule has 1 saturated heterocycles. The Hall–Kier alpha value is -1.42. The van der Waals surface area contributed by atoms with Crippen molar-refractivity contribution in [2.45, 2.75) is 13.3 Å². The zero-order chi connectivity index (χ0) is 12.3. The minimum Gasteiger partial charge on any atom is -0.481 e. The molecule has 0 spiro atoms. The quantitative estimate of drug-likeness (QED) is 0.852. The predicted molar refractivity (Wildman–Crippen MR) is 64.7 cm³/mol. The van der Waals surface area contributed by atoms with E-state index in [1.165, 1.54) is 5.56 Å². The summed E-state index contributed by atoms with van der Waals surface area (Å²) in [5.41, 5.74) is 1.21. The number of likely N-dealkylation sites (tertiary alicyclic amines) is 1. The zero-order valence-corrected chi connectivity index (χ0v) is 10.0. The van der Waals surface area contributed by atoms with E-state index >= 15 is 0 Å². The molecule has 4 nitrogen and oxygen atoms in total. The van der Waals surface area contributed by atoms with Crippen molar-refractivity contribution < 1.29 is 9.90 Å². The molecule has 2 heterocycles. The van der Waals surface area contributed by atoms with Crippen LogP contribution < -0.4 is 0 Å². The van der Waals surface area contributed by atoms with Crippen LogP contribution in [0.2, 0.25) is 0 Å². The van der Waals surface area contributed by atoms with Gasteiger partial charge >= 0.3 is 5.97 Å². The van der Waals surface area contributed by atoms with Crippen LogP contribution in [0, 0.1) is 11.8 Å². The topological polar surface area (TPSA) is 53.4 Å². The van der Waals surface area contributed by atoms with Crippen molar-refractivity contribution >= 4 is 5.97 Å². The number of carboxylic acid groups (broad SMARTS) is 1. The third kappa shape index (κ3) is 3.03. The van der Waals surface area contributed by atoms with Crippen LogP contribution in [0.15, 0.2) is 24.5 Å². The van der Waals surface area contributed by atoms with Crippen LogP contribution in [0.4, 0.5) is 0 Å². The molecule has 2 atom stereocenters. The monoisotopic (exact) mass is 234 g/mol. The number of pyridine rings is 1. The highest BCUT2D eigenvalue weighted by Crippen LogP contribution is 2.23. The van der Waals surface area contributed by atoms with Crippen LogP contribution in [0.25, 0.3) is 0 Å². The number of aliphatic carboxylic acids is 1. The first-order chi connectivity index (χ1) is 8.16. The molecule has 92 valence electrons. The van der Waals surface area contributed by atoms with Gasteiger partial charge in [-0.2, -0.15) is 0 Å². The lowest BCUT2D eigenvalue weighted by Gasteiger charge is -2.14. The number of nitrogens with zero attached hydrogens (tertiary/aromatic N) is 2. The first-order valence-corrected chi connectivity index (χ1v) is 6.01. The van der Waals surface area contributed by atoms with Gasteiger partial charge in [0.1, 0.15) is 0 Å². The Kier molecular flexibility index (Phi) is 3.74. The summed E-state index contributed by atoms with van der Waals surface area (Å²) in [6.45, 7) is 4.50. The number of rotatable bonds is 4. The fourth-order valence-electron chi connectivity index (χ4n) is 2.40. The van der Waals surface area contributed by atoms with Crippen LogP contribution >= 0.6 is 0 Å². The lowest BCUT2D eigenvalue weighted by atomic mass is 9.99. The Bertz CT molecular complexity index is 380. The Balaban J connectivity index is 1.84. The summed E-state index contributed by atoms with van der Waals surface area (Å²) in [4.78, 5) is 17.3. The van der Waals surface area contributed by atoms with Gasteiger partial charge in [0.2, 0.25) is 0 Å². The van der Waals surface area contributed by atoms with Crippen molar-refractivity contribution in [3.63, 3.8) is 0 Å². The average Bonchev–Trinajstić information content (AvgIpc) is 2.69. The van der Waals surface area contributed by atoms with Crippen molar-refractivity contribution in [3.8, 4) is 0 Å². The maximum atomic E-state index is 11.0. The van der Waals surface area contributed by atoms with E-state index in [4.69, 9.17) is 5.11 Å². The molecule has 1 N–H and O–H groups in total. The normalized spacial score (nSPS) is 25.0. The van der Waals surface area contributed by atoms with E-state index in [9.17, 15) is 4.79 Å². The number of hydrogen-bond donors (Lipinski definition) is 1. The van der Waals surface area contributed by atoms with E-state index in [-0.39, 0.29) is 11.8 Å². The van der Waals surface area contributed by atoms with E-state index in [0.717, 1.165) is 19.5 Å². The van der Waals surface area contributed by atoms with E-state index in [1.807, 2.05) is 19.2 Å². The Morgan fingerprint density at radius 2 is 2.41 bits per heavy atom. The summed E-state index contributed by atoms with van der Waals surface area (Å²) < 4.78 is 0. The number of hydrogen-bond acceptors (Lipinski definition) is 3. The summed E-state index contributed by atoms with van der Waals surface area (Å²) in [6.07, 6.45) is 4.57. The first kappa shape index (κ1) is 12.0. The number of carbonyl (C=O) groups is 1. The average molecular weight is 234 g/mol. The fraction of sp³-hybridized carbons (Fsp3) is 0.538. The van der Waals surface area contributed by atoms with Gasteiger partial charge in [0, 0.05) is 32.0 Å². The molecule has 1 aromatic rings. The Morgan fingerprint density at radius 3 is 3.00 bits per heavy atom. The van der Waals surface area contributed by atoms with Crippen LogP contribution in [0.1, 0.15) is 12.5 Å². The largest absolute Gasteiger partial charge is 0.481 e. The molecular weight excluding hydrogens is 216 g/mol. The first-order valence-electron chi connectivity index (χ1n) is 6.01. The third-order valence-corrected chi connectivity index (χ3v) is 3.44. The van der Waals surface area contributed by atoms with E-state index in [1.54, 1.807) is 6.20 Å². The molecule has 0 saturated carbocycles. The molecule has 4 heteroatoms. The van der Waals surface area contributed by atoms with Crippen molar-refractivity contribution in [1.82, 2.24) is 9.88 Å². The lowest BCUT2D eigenvalue weighted by molar-refractivity contribution is -0.142. The summed E-state index contributed by atoms with van der Waals surface area (Å²) in [5, 5.41) is 9.05. The fourth-order valence-corrected chi connectivity index (χ4v) is 2.40. The highest BCUT2D eigenvalue weighted by molar-refractivity contribution is 5.71. The minimum absolute atomic E-state index is 0.205. The summed E-state index contributed by atoms with van der Waals surface area (Å²) >= 11 is 0. The number of aromatic nitrogens is 1. The number of carboxylic acids is 1. The molecule has 0 aliphatic carbocycles. The molecule has 1 aliphatic heterocycles. The molecule has 2 rings (SSSR count). The highest BCUT2D eigenvalue weighted by Gasteiger charge is 2.34. The summed E-state index contributed by atoms with van der Waals surface area (Å²) in [7, 11) is 0. The van der Waals surface area contributed by atoms with Gasteiger partial charge in [-0.05, 0) is 24.0 Å². The van der Waals surface area contributed by atoms with Gasteiger partial charge in [0.05, 0.1) is 5.92 Å². The molecule has 1 fully saturated rings. The van der Waals surface area contributed by atoms with Gasteiger partial charge in [-0.25, -0.2) is 0 Å². The molecular formula is C13H18N2O2. The van der Waals surface area contributed by atoms with Gasteiger partial charge in [-0.1, -0.05) is 13.0 Å². The molecule has 0 bridgehead atoms. The van der Waals surface area contributed by atoms with Crippen LogP contribution in [0.5, 0.6) is 0 Å². The zero-order valence-electron chi connectivity index (χ0n) is 10.0. The Morgan fingerprint density at radius 1 is 1.59 bits per heavy atom. The second kappa shape index (κ2) is 5.27. The van der Waals surface area contributed by atoms with E-state index < -0.39 is 5.97 Å². The third-order valence-electron chi connectivity index (χ3n) is 3.44. The van der Waals surface area contributed by atoms with E-state index in [2.05, 4.69) is 16.0 Å². The molecule has 0 aromatic carbocycles. The van der Waals surface area contributed by atoms with E-state index in [0.29, 0.717) is 6.54 Å². The van der Waals surface area contributed by atoms with Crippen molar-refractivity contribution in [1.29, 1.82) is 0 Å². The van der Waals surface area contributed by atoms with Crippen molar-refractivity contribution in [2.24, 2.45) is 11.8 Å². The van der Waals surface area contributed by atoms with Crippen molar-refractivity contribution in [2.75, 3.05) is 19.6 Å². The van der Waals surface area contributed by atoms with Gasteiger partial charge in [-0.15, -0.1) is 0 Å². The molecule has 0 amide bonds. The molecule has 1 aromatic heterocycles. The second-order valence-electron chi connectivity index (χ2n) is 4.79. The van der Waals surface area contributed by atoms with Crippen LogP contribution in [-0.4, -0.2) is 40.6 Å². The highest BCUT2D eigenvalue weighted by atomic mass is 16.4.